The topological polar surface area (TPSA) is 35.5 Å². The highest BCUT2D eigenvalue weighted by molar-refractivity contribution is 5.81. The molecule has 2 aromatic carbocycles. The summed E-state index contributed by atoms with van der Waals surface area (Å²) in [6, 6.07) is 13.0. The maximum absolute atomic E-state index is 10.8. The molecule has 0 atom stereocenters. The predicted molar refractivity (Wildman–Crippen MR) is 70.4 cm³/mol. The van der Waals surface area contributed by atoms with Gasteiger partial charge < -0.3 is 9.47 Å². The van der Waals surface area contributed by atoms with Crippen LogP contribution in [0.5, 0.6) is 11.5 Å². The monoisotopic (exact) mass is 242 g/mol. The Bertz CT molecular complexity index is 561. The fourth-order valence-electron chi connectivity index (χ4n) is 1.89. The third-order valence-corrected chi connectivity index (χ3v) is 2.74. The molecule has 0 bridgehead atoms. The number of hydrogen-bond donors (Lipinski definition) is 0. The van der Waals surface area contributed by atoms with Crippen molar-refractivity contribution in [3.05, 3.63) is 48.0 Å². The van der Waals surface area contributed by atoms with Crippen LogP contribution in [-0.4, -0.2) is 20.5 Å². The van der Waals surface area contributed by atoms with Crippen molar-refractivity contribution in [3.8, 4) is 22.6 Å². The van der Waals surface area contributed by atoms with Gasteiger partial charge >= 0.3 is 0 Å². The van der Waals surface area contributed by atoms with Crippen molar-refractivity contribution in [2.24, 2.45) is 0 Å². The molecular formula is C15H14O3. The molecule has 0 fully saturated rings. The van der Waals surface area contributed by atoms with Gasteiger partial charge in [0.2, 0.25) is 0 Å². The lowest BCUT2D eigenvalue weighted by Crippen LogP contribution is -1.93. The maximum Gasteiger partial charge on any atom is 0.168 e. The number of aldehydes is 1. The molecule has 0 aliphatic heterocycles. The second-order valence-electron chi connectivity index (χ2n) is 3.78. The van der Waals surface area contributed by atoms with Crippen molar-refractivity contribution in [1.82, 2.24) is 0 Å². The summed E-state index contributed by atoms with van der Waals surface area (Å²) < 4.78 is 10.6. The Morgan fingerprint density at radius 1 is 1.00 bits per heavy atom. The van der Waals surface area contributed by atoms with Gasteiger partial charge in [-0.3, -0.25) is 4.79 Å². The summed E-state index contributed by atoms with van der Waals surface area (Å²) in [6.45, 7) is 0. The van der Waals surface area contributed by atoms with Crippen LogP contribution in [0.2, 0.25) is 0 Å². The smallest absolute Gasteiger partial charge is 0.168 e. The molecule has 0 saturated carbocycles. The van der Waals surface area contributed by atoms with Crippen molar-refractivity contribution in [3.63, 3.8) is 0 Å². The highest BCUT2D eigenvalue weighted by Gasteiger charge is 2.11. The maximum atomic E-state index is 10.8. The summed E-state index contributed by atoms with van der Waals surface area (Å²) >= 11 is 0. The van der Waals surface area contributed by atoms with Crippen LogP contribution in [0, 0.1) is 0 Å². The van der Waals surface area contributed by atoms with Crippen molar-refractivity contribution in [2.75, 3.05) is 14.2 Å². The van der Waals surface area contributed by atoms with E-state index in [0.29, 0.717) is 17.1 Å². The molecule has 0 aliphatic carbocycles. The average Bonchev–Trinajstić information content (AvgIpc) is 2.46. The van der Waals surface area contributed by atoms with E-state index in [1.165, 1.54) is 0 Å². The van der Waals surface area contributed by atoms with Crippen LogP contribution < -0.4 is 9.47 Å². The van der Waals surface area contributed by atoms with Crippen LogP contribution in [0.25, 0.3) is 11.1 Å². The Morgan fingerprint density at radius 2 is 1.78 bits per heavy atom. The molecule has 0 aliphatic rings. The molecule has 0 saturated heterocycles. The minimum Gasteiger partial charge on any atom is -0.493 e. The number of methoxy groups -OCH3 is 2. The Hall–Kier alpha value is -2.29. The summed E-state index contributed by atoms with van der Waals surface area (Å²) in [5, 5.41) is 0. The molecule has 0 N–H and O–H groups in total. The van der Waals surface area contributed by atoms with E-state index in [4.69, 9.17) is 9.47 Å². The average molecular weight is 242 g/mol. The molecule has 0 radical (unpaired) electrons. The standard InChI is InChI=1S/C15H14O3/c1-17-14-8-4-7-13(15(14)18-2)12-6-3-5-11(9-12)10-16/h3-10H,1-2H3. The van der Waals surface area contributed by atoms with Crippen LogP contribution in [0.3, 0.4) is 0 Å². The lowest BCUT2D eigenvalue weighted by Gasteiger charge is -2.12. The first-order valence-electron chi connectivity index (χ1n) is 5.56. The Labute approximate surface area is 106 Å². The summed E-state index contributed by atoms with van der Waals surface area (Å²) in [5.41, 5.74) is 2.47. The first-order chi connectivity index (χ1) is 8.80. The lowest BCUT2D eigenvalue weighted by atomic mass is 10.0. The van der Waals surface area contributed by atoms with Gasteiger partial charge in [0, 0.05) is 11.1 Å². The summed E-state index contributed by atoms with van der Waals surface area (Å²) in [6.07, 6.45) is 0.830. The number of benzene rings is 2. The predicted octanol–water partition coefficient (Wildman–Crippen LogP) is 3.18. The molecule has 0 heterocycles. The molecule has 0 spiro atoms. The van der Waals surface area contributed by atoms with Crippen LogP contribution in [0.4, 0.5) is 0 Å². The molecule has 92 valence electrons. The van der Waals surface area contributed by atoms with Gasteiger partial charge in [-0.1, -0.05) is 30.3 Å². The zero-order valence-electron chi connectivity index (χ0n) is 10.3. The van der Waals surface area contributed by atoms with Crippen molar-refractivity contribution in [1.29, 1.82) is 0 Å². The van der Waals surface area contributed by atoms with Gasteiger partial charge in [-0.15, -0.1) is 0 Å². The molecule has 2 rings (SSSR count). The van der Waals surface area contributed by atoms with Crippen LogP contribution >= 0.6 is 0 Å². The summed E-state index contributed by atoms with van der Waals surface area (Å²) in [5.74, 6) is 1.34. The first-order valence-corrected chi connectivity index (χ1v) is 5.56. The van der Waals surface area contributed by atoms with E-state index in [9.17, 15) is 4.79 Å². The van der Waals surface area contributed by atoms with Crippen LogP contribution in [0.1, 0.15) is 10.4 Å². The normalized spacial score (nSPS) is 9.89. The van der Waals surface area contributed by atoms with Gasteiger partial charge in [-0.05, 0) is 17.7 Å². The highest BCUT2D eigenvalue weighted by Crippen LogP contribution is 2.37. The van der Waals surface area contributed by atoms with Gasteiger partial charge in [0.25, 0.3) is 0 Å². The third-order valence-electron chi connectivity index (χ3n) is 2.74. The fraction of sp³-hybridized carbons (Fsp3) is 0.133. The Kier molecular flexibility index (Phi) is 3.63. The summed E-state index contributed by atoms with van der Waals surface area (Å²) in [4.78, 5) is 10.8. The van der Waals surface area contributed by atoms with Crippen molar-refractivity contribution < 1.29 is 14.3 Å². The zero-order chi connectivity index (χ0) is 13.0. The molecule has 0 amide bonds. The van der Waals surface area contributed by atoms with E-state index in [1.807, 2.05) is 36.4 Å². The molecule has 3 heteroatoms. The second kappa shape index (κ2) is 5.36. The first kappa shape index (κ1) is 12.2. The fourth-order valence-corrected chi connectivity index (χ4v) is 1.89. The quantitative estimate of drug-likeness (QED) is 0.772. The zero-order valence-corrected chi connectivity index (χ0v) is 10.3. The largest absolute Gasteiger partial charge is 0.493 e. The SMILES string of the molecule is COc1cccc(-c2cccc(C=O)c2)c1OC. The van der Waals surface area contributed by atoms with Crippen LogP contribution in [-0.2, 0) is 0 Å². The molecule has 2 aromatic rings. The van der Waals surface area contributed by atoms with Gasteiger partial charge in [-0.25, -0.2) is 0 Å². The Balaban J connectivity index is 2.59. The molecule has 0 aromatic heterocycles. The van der Waals surface area contributed by atoms with Crippen LogP contribution in [0.15, 0.2) is 42.5 Å². The van der Waals surface area contributed by atoms with E-state index in [1.54, 1.807) is 20.3 Å². The number of hydrogen-bond acceptors (Lipinski definition) is 3. The lowest BCUT2D eigenvalue weighted by molar-refractivity contribution is 0.112. The highest BCUT2D eigenvalue weighted by atomic mass is 16.5. The second-order valence-corrected chi connectivity index (χ2v) is 3.78. The van der Waals surface area contributed by atoms with Crippen molar-refractivity contribution >= 4 is 6.29 Å². The number of rotatable bonds is 4. The van der Waals surface area contributed by atoms with Crippen molar-refractivity contribution in [2.45, 2.75) is 0 Å². The van der Waals surface area contributed by atoms with E-state index < -0.39 is 0 Å². The number of para-hydroxylation sites is 1. The molecule has 0 unspecified atom stereocenters. The van der Waals surface area contributed by atoms with Gasteiger partial charge in [0.05, 0.1) is 14.2 Å². The van der Waals surface area contributed by atoms with E-state index in [0.717, 1.165) is 17.4 Å². The van der Waals surface area contributed by atoms with E-state index in [-0.39, 0.29) is 0 Å². The number of carbonyl (C=O) groups excluding carboxylic acids is 1. The molecular weight excluding hydrogens is 228 g/mol. The third kappa shape index (κ3) is 2.20. The summed E-state index contributed by atoms with van der Waals surface area (Å²) in [7, 11) is 3.20. The Morgan fingerprint density at radius 3 is 2.44 bits per heavy atom. The molecule has 18 heavy (non-hydrogen) atoms. The number of carbonyl (C=O) groups is 1. The van der Waals surface area contributed by atoms with Gasteiger partial charge in [-0.2, -0.15) is 0 Å². The van der Waals surface area contributed by atoms with Gasteiger partial charge in [0.15, 0.2) is 11.5 Å². The van der Waals surface area contributed by atoms with E-state index >= 15 is 0 Å². The van der Waals surface area contributed by atoms with E-state index in [2.05, 4.69) is 0 Å². The minimum atomic E-state index is 0.636. The number of ether oxygens (including phenoxy) is 2. The minimum absolute atomic E-state index is 0.636. The molecule has 3 nitrogen and oxygen atoms in total. The van der Waals surface area contributed by atoms with Gasteiger partial charge in [0.1, 0.15) is 6.29 Å².